The van der Waals surface area contributed by atoms with Crippen molar-refractivity contribution in [1.82, 2.24) is 4.90 Å². The number of nitrogens with zero attached hydrogens (tertiary/aromatic N) is 1. The fourth-order valence-electron chi connectivity index (χ4n) is 3.90. The van der Waals surface area contributed by atoms with Crippen molar-refractivity contribution in [3.05, 3.63) is 88.9 Å². The van der Waals surface area contributed by atoms with E-state index in [2.05, 4.69) is 0 Å². The molecule has 1 unspecified atom stereocenters. The third-order valence-corrected chi connectivity index (χ3v) is 5.52. The highest BCUT2D eigenvalue weighted by atomic mass is 16.5. The number of methoxy groups -OCH3 is 1. The minimum absolute atomic E-state index is 0.00739. The van der Waals surface area contributed by atoms with Crippen LogP contribution in [0.2, 0.25) is 0 Å². The third-order valence-electron chi connectivity index (χ3n) is 5.52. The van der Waals surface area contributed by atoms with Crippen LogP contribution in [0.5, 0.6) is 11.5 Å². The number of amides is 1. The summed E-state index contributed by atoms with van der Waals surface area (Å²) < 4.78 is 16.4. The quantitative estimate of drug-likeness (QED) is 0.323. The molecule has 2 heterocycles. The number of rotatable bonds is 7. The molecule has 7 heteroatoms. The Bertz CT molecular complexity index is 1190. The van der Waals surface area contributed by atoms with E-state index in [-0.39, 0.29) is 17.9 Å². The van der Waals surface area contributed by atoms with Gasteiger partial charge in [-0.25, -0.2) is 0 Å². The van der Waals surface area contributed by atoms with E-state index in [0.717, 1.165) is 5.56 Å². The summed E-state index contributed by atoms with van der Waals surface area (Å²) in [5.41, 5.74) is 1.22. The first kappa shape index (κ1) is 22.2. The van der Waals surface area contributed by atoms with Gasteiger partial charge in [0.25, 0.3) is 11.7 Å². The van der Waals surface area contributed by atoms with E-state index in [4.69, 9.17) is 13.9 Å². The number of Topliss-reactive ketones (excluding diaryl/α,β-unsaturated/α-hetero) is 1. The van der Waals surface area contributed by atoms with Crippen molar-refractivity contribution >= 4 is 17.4 Å². The Labute approximate surface area is 191 Å². The van der Waals surface area contributed by atoms with Crippen molar-refractivity contribution in [3.8, 4) is 11.5 Å². The van der Waals surface area contributed by atoms with Crippen molar-refractivity contribution in [3.63, 3.8) is 0 Å². The second kappa shape index (κ2) is 9.24. The smallest absolute Gasteiger partial charge is 0.296 e. The first-order valence-corrected chi connectivity index (χ1v) is 10.6. The van der Waals surface area contributed by atoms with Gasteiger partial charge in [-0.05, 0) is 67.9 Å². The molecule has 1 amide bonds. The van der Waals surface area contributed by atoms with Gasteiger partial charge in [0.05, 0.1) is 19.3 Å². The van der Waals surface area contributed by atoms with Gasteiger partial charge in [0.1, 0.15) is 34.8 Å². The maximum atomic E-state index is 13.1. The van der Waals surface area contributed by atoms with Gasteiger partial charge in [-0.15, -0.1) is 0 Å². The molecule has 0 aliphatic carbocycles. The number of ether oxygens (including phenoxy) is 2. The Hall–Kier alpha value is -4.00. The zero-order valence-corrected chi connectivity index (χ0v) is 18.7. The molecule has 1 aliphatic heterocycles. The second-order valence-electron chi connectivity index (χ2n) is 7.68. The van der Waals surface area contributed by atoms with Crippen molar-refractivity contribution in [1.29, 1.82) is 0 Å². The van der Waals surface area contributed by atoms with Crippen LogP contribution < -0.4 is 9.47 Å². The molecule has 0 bridgehead atoms. The van der Waals surface area contributed by atoms with Gasteiger partial charge in [0, 0.05) is 12.1 Å². The minimum atomic E-state index is -0.854. The molecule has 1 atom stereocenters. The summed E-state index contributed by atoms with van der Waals surface area (Å²) in [6.45, 7) is 4.34. The number of hydrogen-bond acceptors (Lipinski definition) is 6. The number of furan rings is 1. The molecule has 1 fully saturated rings. The Morgan fingerprint density at radius 2 is 1.67 bits per heavy atom. The van der Waals surface area contributed by atoms with Gasteiger partial charge in [-0.2, -0.15) is 0 Å². The number of aliphatic hydroxyl groups is 1. The lowest BCUT2D eigenvalue weighted by Gasteiger charge is -2.23. The number of ketones is 1. The number of likely N-dealkylation sites (tertiary alicyclic amines) is 1. The van der Waals surface area contributed by atoms with Crippen LogP contribution in [-0.4, -0.2) is 35.4 Å². The second-order valence-corrected chi connectivity index (χ2v) is 7.68. The van der Waals surface area contributed by atoms with Crippen LogP contribution in [0.25, 0.3) is 5.76 Å². The zero-order valence-electron chi connectivity index (χ0n) is 18.7. The van der Waals surface area contributed by atoms with Gasteiger partial charge in [0.2, 0.25) is 0 Å². The molecule has 0 saturated carbocycles. The Kier molecular flexibility index (Phi) is 6.22. The summed E-state index contributed by atoms with van der Waals surface area (Å²) in [4.78, 5) is 27.6. The molecule has 1 saturated heterocycles. The summed E-state index contributed by atoms with van der Waals surface area (Å²) in [6, 6.07) is 16.6. The van der Waals surface area contributed by atoms with Gasteiger partial charge >= 0.3 is 0 Å². The molecule has 7 nitrogen and oxygen atoms in total. The summed E-state index contributed by atoms with van der Waals surface area (Å²) in [6.07, 6.45) is 0. The molecule has 1 aromatic heterocycles. The highest BCUT2D eigenvalue weighted by Gasteiger charge is 2.47. The Balaban J connectivity index is 1.77. The maximum Gasteiger partial charge on any atom is 0.296 e. The molecule has 2 aromatic carbocycles. The fourth-order valence-corrected chi connectivity index (χ4v) is 3.90. The predicted molar refractivity (Wildman–Crippen MR) is 122 cm³/mol. The monoisotopic (exact) mass is 447 g/mol. The topological polar surface area (TPSA) is 89.2 Å². The van der Waals surface area contributed by atoms with Crippen molar-refractivity contribution in [2.45, 2.75) is 26.4 Å². The third kappa shape index (κ3) is 4.35. The number of aliphatic hydroxyl groups excluding tert-OH is 1. The maximum absolute atomic E-state index is 13.1. The summed E-state index contributed by atoms with van der Waals surface area (Å²) in [5.74, 6) is 0.675. The number of carbonyl (C=O) groups excluding carboxylic acids is 2. The van der Waals surface area contributed by atoms with Crippen molar-refractivity contribution in [2.75, 3.05) is 13.7 Å². The fraction of sp³-hybridized carbons (Fsp3) is 0.231. The zero-order chi connectivity index (χ0) is 23.5. The van der Waals surface area contributed by atoms with E-state index in [1.807, 2.05) is 19.1 Å². The average molecular weight is 447 g/mol. The molecule has 0 spiro atoms. The largest absolute Gasteiger partial charge is 0.507 e. The van der Waals surface area contributed by atoms with Crippen LogP contribution in [0.3, 0.4) is 0 Å². The number of benzene rings is 2. The first-order chi connectivity index (χ1) is 15.9. The molecular formula is C26H25NO6. The molecule has 4 rings (SSSR count). The van der Waals surface area contributed by atoms with E-state index >= 15 is 0 Å². The van der Waals surface area contributed by atoms with Gasteiger partial charge in [0.15, 0.2) is 0 Å². The lowest BCUT2D eigenvalue weighted by atomic mass is 9.99. The average Bonchev–Trinajstić information content (AvgIpc) is 3.36. The lowest BCUT2D eigenvalue weighted by Crippen LogP contribution is -2.29. The normalized spacial score (nSPS) is 17.4. The summed E-state index contributed by atoms with van der Waals surface area (Å²) in [7, 11) is 1.58. The summed E-state index contributed by atoms with van der Waals surface area (Å²) >= 11 is 0. The number of hydrogen-bond donors (Lipinski definition) is 1. The van der Waals surface area contributed by atoms with E-state index < -0.39 is 17.7 Å². The lowest BCUT2D eigenvalue weighted by molar-refractivity contribution is -0.140. The van der Waals surface area contributed by atoms with E-state index in [1.165, 1.54) is 4.90 Å². The van der Waals surface area contributed by atoms with E-state index in [1.54, 1.807) is 62.6 Å². The molecular weight excluding hydrogens is 422 g/mol. The van der Waals surface area contributed by atoms with Gasteiger partial charge in [-0.3, -0.25) is 9.59 Å². The van der Waals surface area contributed by atoms with Crippen molar-refractivity contribution < 1.29 is 28.6 Å². The van der Waals surface area contributed by atoms with E-state index in [0.29, 0.717) is 35.2 Å². The van der Waals surface area contributed by atoms with E-state index in [9.17, 15) is 14.7 Å². The van der Waals surface area contributed by atoms with Crippen LogP contribution in [0.1, 0.15) is 35.6 Å². The predicted octanol–water partition coefficient (Wildman–Crippen LogP) is 4.62. The molecule has 170 valence electrons. The van der Waals surface area contributed by atoms with Crippen LogP contribution >= 0.6 is 0 Å². The standard InChI is InChI=1S/C26H25NO6/c1-4-32-20-12-8-18(9-13-20)24(28)22-23(21-14-5-16(2)33-21)27(26(30)25(22)29)15-17-6-10-19(31-3)11-7-17/h5-14,23,28H,4,15H2,1-3H3/b24-22-. The van der Waals surface area contributed by atoms with Crippen molar-refractivity contribution in [2.24, 2.45) is 0 Å². The molecule has 0 radical (unpaired) electrons. The summed E-state index contributed by atoms with van der Waals surface area (Å²) in [5, 5.41) is 11.1. The van der Waals surface area contributed by atoms with Crippen LogP contribution in [0.15, 0.2) is 70.7 Å². The molecule has 1 aliphatic rings. The van der Waals surface area contributed by atoms with Crippen LogP contribution in [0, 0.1) is 6.92 Å². The van der Waals surface area contributed by atoms with Crippen LogP contribution in [-0.2, 0) is 16.1 Å². The molecule has 33 heavy (non-hydrogen) atoms. The van der Waals surface area contributed by atoms with Crippen LogP contribution in [0.4, 0.5) is 0 Å². The Morgan fingerprint density at radius 3 is 2.24 bits per heavy atom. The van der Waals surface area contributed by atoms with Gasteiger partial charge < -0.3 is 23.9 Å². The Morgan fingerprint density at radius 1 is 1.00 bits per heavy atom. The molecule has 1 N–H and O–H groups in total. The first-order valence-electron chi connectivity index (χ1n) is 10.6. The SMILES string of the molecule is CCOc1ccc(/C(O)=C2/C(=O)C(=O)N(Cc3ccc(OC)cc3)C2c2ccc(C)o2)cc1. The molecule has 3 aromatic rings. The number of aryl methyl sites for hydroxylation is 1. The van der Waals surface area contributed by atoms with Gasteiger partial charge in [-0.1, -0.05) is 12.1 Å². The highest BCUT2D eigenvalue weighted by molar-refractivity contribution is 6.46. The highest BCUT2D eigenvalue weighted by Crippen LogP contribution is 2.41. The minimum Gasteiger partial charge on any atom is -0.507 e. The number of carbonyl (C=O) groups is 2.